The average Bonchev–Trinajstić information content (AvgIpc) is 3.46. The SMILES string of the molecule is Cc1ccc(N2C(=S)N[C@H](c3ccccn3)[C@H]2c2cccn2-c2cccc([N+](=O)[O-])c2)cc1C. The minimum Gasteiger partial charge on any atom is -0.351 e. The maximum atomic E-state index is 11.4. The van der Waals surface area contributed by atoms with E-state index in [1.165, 1.54) is 17.2 Å². The molecule has 0 unspecified atom stereocenters. The van der Waals surface area contributed by atoms with Crippen molar-refractivity contribution in [3.05, 3.63) is 118 Å². The summed E-state index contributed by atoms with van der Waals surface area (Å²) in [4.78, 5) is 17.7. The highest BCUT2D eigenvalue weighted by Crippen LogP contribution is 2.42. The number of thiocarbonyl (C=S) groups is 1. The lowest BCUT2D eigenvalue weighted by Gasteiger charge is -2.29. The maximum Gasteiger partial charge on any atom is 0.271 e. The van der Waals surface area contributed by atoms with Crippen molar-refractivity contribution >= 4 is 28.7 Å². The molecular weight excluding hydrogens is 446 g/mol. The predicted molar refractivity (Wildman–Crippen MR) is 136 cm³/mol. The van der Waals surface area contributed by atoms with Gasteiger partial charge in [-0.25, -0.2) is 0 Å². The van der Waals surface area contributed by atoms with Crippen molar-refractivity contribution in [2.45, 2.75) is 25.9 Å². The van der Waals surface area contributed by atoms with E-state index in [1.807, 2.05) is 47.2 Å². The highest BCUT2D eigenvalue weighted by molar-refractivity contribution is 7.80. The van der Waals surface area contributed by atoms with Crippen LogP contribution in [0.5, 0.6) is 0 Å². The third-order valence-electron chi connectivity index (χ3n) is 6.27. The molecule has 1 aliphatic rings. The minimum atomic E-state index is -0.378. The Hall–Kier alpha value is -4.04. The first-order valence-corrected chi connectivity index (χ1v) is 11.3. The van der Waals surface area contributed by atoms with Gasteiger partial charge in [0, 0.05) is 35.9 Å². The summed E-state index contributed by atoms with van der Waals surface area (Å²) in [7, 11) is 0. The summed E-state index contributed by atoms with van der Waals surface area (Å²) >= 11 is 5.83. The molecule has 0 aliphatic carbocycles. The molecule has 1 N–H and O–H groups in total. The Balaban J connectivity index is 1.67. The molecule has 170 valence electrons. The fourth-order valence-corrected chi connectivity index (χ4v) is 4.78. The molecule has 0 spiro atoms. The number of pyridine rings is 1. The van der Waals surface area contributed by atoms with E-state index in [0.29, 0.717) is 10.8 Å². The van der Waals surface area contributed by atoms with Crippen LogP contribution < -0.4 is 10.2 Å². The number of anilines is 1. The molecule has 3 heterocycles. The number of hydrogen-bond donors (Lipinski definition) is 1. The van der Waals surface area contributed by atoms with Crippen LogP contribution in [0.3, 0.4) is 0 Å². The van der Waals surface area contributed by atoms with E-state index >= 15 is 0 Å². The van der Waals surface area contributed by atoms with Crippen LogP contribution in [-0.4, -0.2) is 19.6 Å². The molecule has 0 amide bonds. The van der Waals surface area contributed by atoms with Crippen molar-refractivity contribution in [2.75, 3.05) is 4.90 Å². The van der Waals surface area contributed by atoms with Crippen LogP contribution >= 0.6 is 12.2 Å². The van der Waals surface area contributed by atoms with E-state index in [2.05, 4.69) is 47.2 Å². The molecule has 1 aliphatic heterocycles. The first-order valence-electron chi connectivity index (χ1n) is 10.9. The minimum absolute atomic E-state index is 0.0458. The lowest BCUT2D eigenvalue weighted by atomic mass is 10.00. The van der Waals surface area contributed by atoms with Crippen molar-refractivity contribution < 1.29 is 4.92 Å². The lowest BCUT2D eigenvalue weighted by molar-refractivity contribution is -0.384. The number of hydrogen-bond acceptors (Lipinski definition) is 4. The van der Waals surface area contributed by atoms with Gasteiger partial charge in [-0.3, -0.25) is 15.1 Å². The second-order valence-corrected chi connectivity index (χ2v) is 8.73. The van der Waals surface area contributed by atoms with Gasteiger partial charge in [0.05, 0.1) is 22.3 Å². The smallest absolute Gasteiger partial charge is 0.271 e. The highest BCUT2D eigenvalue weighted by atomic mass is 32.1. The zero-order valence-corrected chi connectivity index (χ0v) is 19.6. The molecule has 0 bridgehead atoms. The second kappa shape index (κ2) is 8.72. The molecule has 7 nitrogen and oxygen atoms in total. The summed E-state index contributed by atoms with van der Waals surface area (Å²) in [5.74, 6) is 0. The molecule has 2 atom stereocenters. The van der Waals surface area contributed by atoms with Gasteiger partial charge < -0.3 is 14.8 Å². The number of aromatic nitrogens is 2. The van der Waals surface area contributed by atoms with Gasteiger partial charge in [-0.15, -0.1) is 0 Å². The van der Waals surface area contributed by atoms with E-state index in [1.54, 1.807) is 18.3 Å². The number of non-ortho nitro benzene ring substituents is 1. The molecule has 0 radical (unpaired) electrons. The summed E-state index contributed by atoms with van der Waals surface area (Å²) in [5.41, 5.74) is 5.94. The summed E-state index contributed by atoms with van der Waals surface area (Å²) in [6.07, 6.45) is 3.69. The van der Waals surface area contributed by atoms with E-state index < -0.39 is 0 Å². The van der Waals surface area contributed by atoms with Gasteiger partial charge in [0.2, 0.25) is 0 Å². The first kappa shape index (κ1) is 21.8. The Morgan fingerprint density at radius 2 is 1.82 bits per heavy atom. The molecule has 1 saturated heterocycles. The first-order chi connectivity index (χ1) is 16.4. The van der Waals surface area contributed by atoms with E-state index in [-0.39, 0.29) is 22.7 Å². The van der Waals surface area contributed by atoms with E-state index in [9.17, 15) is 10.1 Å². The molecule has 1 fully saturated rings. The molecule has 4 aromatic rings. The molecule has 2 aromatic carbocycles. The van der Waals surface area contributed by atoms with E-state index in [0.717, 1.165) is 17.1 Å². The van der Waals surface area contributed by atoms with Crippen molar-refractivity contribution in [3.63, 3.8) is 0 Å². The van der Waals surface area contributed by atoms with Gasteiger partial charge in [-0.1, -0.05) is 18.2 Å². The molecule has 34 heavy (non-hydrogen) atoms. The van der Waals surface area contributed by atoms with Crippen LogP contribution in [0.4, 0.5) is 11.4 Å². The zero-order valence-electron chi connectivity index (χ0n) is 18.8. The summed E-state index contributed by atoms with van der Waals surface area (Å²) in [5, 5.41) is 15.5. The Kier molecular flexibility index (Phi) is 5.59. The number of benzene rings is 2. The molecule has 5 rings (SSSR count). The molecule has 2 aromatic heterocycles. The van der Waals surface area contributed by atoms with Gasteiger partial charge in [0.25, 0.3) is 5.69 Å². The van der Waals surface area contributed by atoms with Gasteiger partial charge in [-0.05, 0) is 79.7 Å². The predicted octanol–water partition coefficient (Wildman–Crippen LogP) is 5.57. The Bertz CT molecular complexity index is 1380. The maximum absolute atomic E-state index is 11.4. The normalized spacial score (nSPS) is 17.6. The number of nitro groups is 1. The lowest BCUT2D eigenvalue weighted by Crippen LogP contribution is -2.30. The Morgan fingerprint density at radius 3 is 2.56 bits per heavy atom. The van der Waals surface area contributed by atoms with Gasteiger partial charge in [-0.2, -0.15) is 0 Å². The van der Waals surface area contributed by atoms with Crippen molar-refractivity contribution in [1.29, 1.82) is 0 Å². The fourth-order valence-electron chi connectivity index (χ4n) is 4.44. The van der Waals surface area contributed by atoms with Crippen LogP contribution in [0.25, 0.3) is 5.69 Å². The molecular formula is C26H23N5O2S. The van der Waals surface area contributed by atoms with Crippen molar-refractivity contribution in [1.82, 2.24) is 14.9 Å². The Morgan fingerprint density at radius 1 is 0.971 bits per heavy atom. The van der Waals surface area contributed by atoms with Crippen LogP contribution in [0.2, 0.25) is 0 Å². The van der Waals surface area contributed by atoms with Crippen molar-refractivity contribution in [3.8, 4) is 5.69 Å². The number of nitrogens with zero attached hydrogens (tertiary/aromatic N) is 4. The quantitative estimate of drug-likeness (QED) is 0.234. The van der Waals surface area contributed by atoms with Crippen LogP contribution in [0.1, 0.15) is 34.6 Å². The van der Waals surface area contributed by atoms with Crippen LogP contribution in [0.15, 0.2) is 85.2 Å². The molecule has 0 saturated carbocycles. The third-order valence-corrected chi connectivity index (χ3v) is 6.58. The third kappa shape index (κ3) is 3.82. The topological polar surface area (TPSA) is 76.2 Å². The largest absolute Gasteiger partial charge is 0.351 e. The van der Waals surface area contributed by atoms with Crippen LogP contribution in [-0.2, 0) is 0 Å². The average molecular weight is 470 g/mol. The monoisotopic (exact) mass is 469 g/mol. The van der Waals surface area contributed by atoms with E-state index in [4.69, 9.17) is 12.2 Å². The highest BCUT2D eigenvalue weighted by Gasteiger charge is 2.42. The number of aryl methyl sites for hydroxylation is 2. The standard InChI is InChI=1S/C26H23N5O2S/c1-17-11-12-20(15-18(17)2)30-25(24(28-26(30)34)22-9-3-4-13-27-22)23-10-6-14-29(23)19-7-5-8-21(16-19)31(32)33/h3-16,24-25H,1-2H3,(H,28,34)/t24-,25-/m1/s1. The van der Waals surface area contributed by atoms with Gasteiger partial charge >= 0.3 is 0 Å². The van der Waals surface area contributed by atoms with Gasteiger partial charge in [0.15, 0.2) is 5.11 Å². The fraction of sp³-hybridized carbons (Fsp3) is 0.154. The number of nitro benzene ring substituents is 1. The molecule has 8 heteroatoms. The van der Waals surface area contributed by atoms with Crippen LogP contribution in [0, 0.1) is 24.0 Å². The van der Waals surface area contributed by atoms with Crippen molar-refractivity contribution in [2.24, 2.45) is 0 Å². The summed E-state index contributed by atoms with van der Waals surface area (Å²) < 4.78 is 1.98. The zero-order chi connectivity index (χ0) is 23.8. The Labute approximate surface area is 202 Å². The van der Waals surface area contributed by atoms with Gasteiger partial charge in [0.1, 0.15) is 6.04 Å². The number of rotatable bonds is 5. The summed E-state index contributed by atoms with van der Waals surface area (Å²) in [6, 6.07) is 22.3. The second-order valence-electron chi connectivity index (χ2n) is 8.35. The summed E-state index contributed by atoms with van der Waals surface area (Å²) in [6.45, 7) is 4.17. The number of nitrogens with one attached hydrogen (secondary N) is 1.